The molecule has 5 heteroatoms. The zero-order chi connectivity index (χ0) is 21.5. The summed E-state index contributed by atoms with van der Waals surface area (Å²) in [6.07, 6.45) is 4.06. The number of hydrogen-bond acceptors (Lipinski definition) is 5. The SMILES string of the molecule is CCCCOc1ccc2c(c1)C(=C(C#N)C#N)c1cc(OCCCC)ccc1N2C. The van der Waals surface area contributed by atoms with Gasteiger partial charge in [0.15, 0.2) is 0 Å². The maximum absolute atomic E-state index is 9.67. The van der Waals surface area contributed by atoms with Gasteiger partial charge in [-0.2, -0.15) is 10.5 Å². The summed E-state index contributed by atoms with van der Waals surface area (Å²) in [4.78, 5) is 2.08. The van der Waals surface area contributed by atoms with Crippen LogP contribution in [0.25, 0.3) is 5.57 Å². The molecule has 2 aromatic carbocycles. The van der Waals surface area contributed by atoms with Crippen LogP contribution in [-0.2, 0) is 0 Å². The predicted molar refractivity (Wildman–Crippen MR) is 119 cm³/mol. The molecule has 0 saturated heterocycles. The molecule has 0 saturated carbocycles. The third kappa shape index (κ3) is 4.26. The van der Waals surface area contributed by atoms with Gasteiger partial charge in [-0.05, 0) is 49.2 Å². The second-order valence-corrected chi connectivity index (χ2v) is 7.29. The standard InChI is InChI=1S/C25H27N3O2/c1-4-6-12-29-19-8-10-23-21(14-19)25(18(16-26)17-27)22-15-20(30-13-7-5-2)9-11-24(22)28(23)3/h8-11,14-15H,4-7,12-13H2,1-3H3. The lowest BCUT2D eigenvalue weighted by Crippen LogP contribution is -2.19. The molecule has 0 bridgehead atoms. The van der Waals surface area contributed by atoms with Crippen molar-refractivity contribution in [1.29, 1.82) is 10.5 Å². The highest BCUT2D eigenvalue weighted by Crippen LogP contribution is 2.47. The molecule has 1 heterocycles. The highest BCUT2D eigenvalue weighted by Gasteiger charge is 2.28. The van der Waals surface area contributed by atoms with E-state index >= 15 is 0 Å². The van der Waals surface area contributed by atoms with E-state index in [-0.39, 0.29) is 5.57 Å². The van der Waals surface area contributed by atoms with Gasteiger partial charge in [0.05, 0.1) is 13.2 Å². The Bertz CT molecular complexity index is 948. The van der Waals surface area contributed by atoms with E-state index < -0.39 is 0 Å². The minimum Gasteiger partial charge on any atom is -0.494 e. The first-order valence-electron chi connectivity index (χ1n) is 10.5. The summed E-state index contributed by atoms with van der Waals surface area (Å²) in [6, 6.07) is 15.9. The lowest BCUT2D eigenvalue weighted by atomic mass is 9.87. The Hall–Kier alpha value is -3.44. The maximum Gasteiger partial charge on any atom is 0.138 e. The van der Waals surface area contributed by atoms with Crippen LogP contribution in [0.1, 0.15) is 50.7 Å². The molecule has 1 aliphatic heterocycles. The molecule has 2 aromatic rings. The number of hydrogen-bond donors (Lipinski definition) is 0. The van der Waals surface area contributed by atoms with Gasteiger partial charge in [-0.3, -0.25) is 0 Å². The molecule has 0 amide bonds. The average Bonchev–Trinajstić information content (AvgIpc) is 2.77. The third-order valence-electron chi connectivity index (χ3n) is 5.20. The average molecular weight is 402 g/mol. The van der Waals surface area contributed by atoms with Gasteiger partial charge in [0, 0.05) is 35.1 Å². The summed E-state index contributed by atoms with van der Waals surface area (Å²) < 4.78 is 11.8. The summed E-state index contributed by atoms with van der Waals surface area (Å²) >= 11 is 0. The van der Waals surface area contributed by atoms with E-state index in [0.717, 1.165) is 59.7 Å². The van der Waals surface area contributed by atoms with E-state index in [0.29, 0.717) is 18.8 Å². The maximum atomic E-state index is 9.67. The Balaban J connectivity index is 2.12. The molecule has 0 radical (unpaired) electrons. The van der Waals surface area contributed by atoms with Gasteiger partial charge in [-0.1, -0.05) is 26.7 Å². The van der Waals surface area contributed by atoms with E-state index in [4.69, 9.17) is 9.47 Å². The van der Waals surface area contributed by atoms with Gasteiger partial charge in [0.2, 0.25) is 0 Å². The first-order chi connectivity index (χ1) is 14.6. The fourth-order valence-electron chi connectivity index (χ4n) is 3.55. The summed E-state index contributed by atoms with van der Waals surface area (Å²) in [5.74, 6) is 1.48. The van der Waals surface area contributed by atoms with E-state index in [1.165, 1.54) is 0 Å². The highest BCUT2D eigenvalue weighted by molar-refractivity contribution is 6.01. The van der Waals surface area contributed by atoms with Gasteiger partial charge in [0.1, 0.15) is 29.2 Å². The van der Waals surface area contributed by atoms with Crippen molar-refractivity contribution in [3.8, 4) is 23.6 Å². The number of benzene rings is 2. The number of rotatable bonds is 8. The Morgan fingerprint density at radius 2 is 1.30 bits per heavy atom. The van der Waals surface area contributed by atoms with Crippen LogP contribution < -0.4 is 14.4 Å². The van der Waals surface area contributed by atoms with Crippen molar-refractivity contribution in [3.05, 3.63) is 53.1 Å². The minimum atomic E-state index is 0.0852. The highest BCUT2D eigenvalue weighted by atomic mass is 16.5. The Kier molecular flexibility index (Phi) is 6.99. The van der Waals surface area contributed by atoms with Gasteiger partial charge >= 0.3 is 0 Å². The quantitative estimate of drug-likeness (QED) is 0.402. The Morgan fingerprint density at radius 3 is 1.70 bits per heavy atom. The summed E-state index contributed by atoms with van der Waals surface area (Å²) in [6.45, 7) is 5.52. The van der Waals surface area contributed by atoms with Crippen LogP contribution in [-0.4, -0.2) is 20.3 Å². The molecule has 1 aliphatic rings. The van der Waals surface area contributed by atoms with Crippen molar-refractivity contribution in [3.63, 3.8) is 0 Å². The Labute approximate surface area is 178 Å². The zero-order valence-electron chi connectivity index (χ0n) is 17.9. The van der Waals surface area contributed by atoms with Gasteiger partial charge in [0.25, 0.3) is 0 Å². The topological polar surface area (TPSA) is 69.3 Å². The summed E-state index contributed by atoms with van der Waals surface area (Å²) in [5.41, 5.74) is 4.23. The molecular formula is C25H27N3O2. The van der Waals surface area contributed by atoms with Crippen molar-refractivity contribution in [2.45, 2.75) is 39.5 Å². The molecule has 5 nitrogen and oxygen atoms in total. The van der Waals surface area contributed by atoms with Gasteiger partial charge in [-0.15, -0.1) is 0 Å². The molecule has 0 spiro atoms. The van der Waals surface area contributed by atoms with Crippen molar-refractivity contribution < 1.29 is 9.47 Å². The molecule has 3 rings (SSSR count). The lowest BCUT2D eigenvalue weighted by Gasteiger charge is -2.32. The van der Waals surface area contributed by atoms with E-state index in [1.54, 1.807) is 0 Å². The van der Waals surface area contributed by atoms with E-state index in [9.17, 15) is 10.5 Å². The molecule has 0 unspecified atom stereocenters. The third-order valence-corrected chi connectivity index (χ3v) is 5.20. The molecule has 0 aliphatic carbocycles. The molecule has 0 atom stereocenters. The van der Waals surface area contributed by atoms with Crippen LogP contribution in [0.4, 0.5) is 11.4 Å². The lowest BCUT2D eigenvalue weighted by molar-refractivity contribution is 0.309. The number of nitriles is 2. The summed E-state index contributed by atoms with van der Waals surface area (Å²) in [7, 11) is 1.99. The first-order valence-corrected chi connectivity index (χ1v) is 10.5. The Morgan fingerprint density at radius 1 is 0.833 bits per heavy atom. The number of allylic oxidation sites excluding steroid dienone is 1. The predicted octanol–water partition coefficient (Wildman–Crippen LogP) is 5.97. The fourth-order valence-corrected chi connectivity index (χ4v) is 3.55. The van der Waals surface area contributed by atoms with Crippen LogP contribution in [0.2, 0.25) is 0 Å². The second kappa shape index (κ2) is 9.85. The van der Waals surface area contributed by atoms with E-state index in [2.05, 4.69) is 30.9 Å². The number of unbranched alkanes of at least 4 members (excludes halogenated alkanes) is 2. The van der Waals surface area contributed by atoms with Crippen LogP contribution in [0.15, 0.2) is 42.0 Å². The van der Waals surface area contributed by atoms with Gasteiger partial charge < -0.3 is 14.4 Å². The molecule has 154 valence electrons. The number of nitrogens with zero attached hydrogens (tertiary/aromatic N) is 3. The van der Waals surface area contributed by atoms with E-state index in [1.807, 2.05) is 43.4 Å². The van der Waals surface area contributed by atoms with Crippen LogP contribution >= 0.6 is 0 Å². The summed E-state index contributed by atoms with van der Waals surface area (Å²) in [5, 5.41) is 19.3. The minimum absolute atomic E-state index is 0.0852. The molecule has 0 fully saturated rings. The molecular weight excluding hydrogens is 374 g/mol. The van der Waals surface area contributed by atoms with Crippen LogP contribution in [0.5, 0.6) is 11.5 Å². The van der Waals surface area contributed by atoms with Crippen LogP contribution in [0.3, 0.4) is 0 Å². The zero-order valence-corrected chi connectivity index (χ0v) is 17.9. The first kappa shape index (κ1) is 21.3. The molecule has 0 N–H and O–H groups in total. The van der Waals surface area contributed by atoms with Gasteiger partial charge in [-0.25, -0.2) is 0 Å². The van der Waals surface area contributed by atoms with Crippen LogP contribution in [0, 0.1) is 22.7 Å². The molecule has 0 aromatic heterocycles. The van der Waals surface area contributed by atoms with Crippen molar-refractivity contribution >= 4 is 16.9 Å². The number of ether oxygens (including phenoxy) is 2. The largest absolute Gasteiger partial charge is 0.494 e. The van der Waals surface area contributed by atoms with Crippen molar-refractivity contribution in [1.82, 2.24) is 0 Å². The normalized spacial score (nSPS) is 11.8. The van der Waals surface area contributed by atoms with Crippen molar-refractivity contribution in [2.75, 3.05) is 25.2 Å². The monoisotopic (exact) mass is 401 g/mol. The second-order valence-electron chi connectivity index (χ2n) is 7.29. The fraction of sp³-hybridized carbons (Fsp3) is 0.360. The smallest absolute Gasteiger partial charge is 0.138 e. The number of anilines is 2. The number of fused-ring (bicyclic) bond motifs is 2. The van der Waals surface area contributed by atoms with Crippen molar-refractivity contribution in [2.24, 2.45) is 0 Å². The molecule has 30 heavy (non-hydrogen) atoms.